The van der Waals surface area contributed by atoms with E-state index < -0.39 is 38.9 Å². The van der Waals surface area contributed by atoms with Crippen LogP contribution in [0.1, 0.15) is 21.5 Å². The van der Waals surface area contributed by atoms with Crippen molar-refractivity contribution in [3.05, 3.63) is 79.4 Å². The number of halogens is 3. The fraction of sp³-hybridized carbons (Fsp3) is 0.0667. The summed E-state index contributed by atoms with van der Waals surface area (Å²) in [6.45, 7) is 0. The minimum atomic E-state index is -4.49. The van der Waals surface area contributed by atoms with Crippen molar-refractivity contribution in [3.63, 3.8) is 0 Å². The highest BCUT2D eigenvalue weighted by Gasteiger charge is 2.29. The summed E-state index contributed by atoms with van der Waals surface area (Å²) in [5.74, 6) is -0.968. The SMILES string of the molecule is O=C(N/N=C/c1ccc(C(F)(F)F)cc1)c1cc([N+](=O)[O-])cc([N+](=O)[O-])c1. The van der Waals surface area contributed by atoms with E-state index in [1.54, 1.807) is 0 Å². The topological polar surface area (TPSA) is 128 Å². The largest absolute Gasteiger partial charge is 0.416 e. The van der Waals surface area contributed by atoms with Crippen LogP contribution in [0.15, 0.2) is 47.6 Å². The van der Waals surface area contributed by atoms with Crippen molar-refractivity contribution in [3.8, 4) is 0 Å². The van der Waals surface area contributed by atoms with E-state index in [0.717, 1.165) is 42.6 Å². The van der Waals surface area contributed by atoms with E-state index in [4.69, 9.17) is 0 Å². The minimum Gasteiger partial charge on any atom is -0.267 e. The highest BCUT2D eigenvalue weighted by molar-refractivity contribution is 5.96. The number of benzene rings is 2. The maximum Gasteiger partial charge on any atom is 0.416 e. The van der Waals surface area contributed by atoms with Crippen LogP contribution in [-0.4, -0.2) is 22.0 Å². The van der Waals surface area contributed by atoms with Crippen molar-refractivity contribution in [2.24, 2.45) is 5.10 Å². The predicted molar refractivity (Wildman–Crippen MR) is 86.3 cm³/mol. The van der Waals surface area contributed by atoms with Crippen LogP contribution in [-0.2, 0) is 6.18 Å². The van der Waals surface area contributed by atoms with Crippen molar-refractivity contribution in [1.29, 1.82) is 0 Å². The maximum atomic E-state index is 12.5. The molecule has 0 aliphatic carbocycles. The van der Waals surface area contributed by atoms with Gasteiger partial charge in [-0.2, -0.15) is 18.3 Å². The third-order valence-corrected chi connectivity index (χ3v) is 3.20. The number of nitro groups is 2. The second-order valence-electron chi connectivity index (χ2n) is 5.07. The van der Waals surface area contributed by atoms with Crippen molar-refractivity contribution >= 4 is 23.5 Å². The summed E-state index contributed by atoms with van der Waals surface area (Å²) in [5.41, 5.74) is -0.301. The molecule has 0 atom stereocenters. The molecule has 0 aliphatic heterocycles. The average Bonchev–Trinajstić information content (AvgIpc) is 2.60. The zero-order valence-corrected chi connectivity index (χ0v) is 13.1. The summed E-state index contributed by atoms with van der Waals surface area (Å²) in [4.78, 5) is 31.7. The van der Waals surface area contributed by atoms with Gasteiger partial charge in [0.05, 0.1) is 33.3 Å². The number of amides is 1. The number of non-ortho nitro benzene ring substituents is 2. The molecular weight excluding hydrogens is 373 g/mol. The number of rotatable bonds is 5. The second kappa shape index (κ2) is 7.59. The molecule has 0 aromatic heterocycles. The number of nitrogens with one attached hydrogen (secondary N) is 1. The summed E-state index contributed by atoms with van der Waals surface area (Å²) in [7, 11) is 0. The Bertz CT molecular complexity index is 894. The molecule has 12 heteroatoms. The number of alkyl halides is 3. The number of nitro benzene ring substituents is 2. The number of hydrazone groups is 1. The molecule has 0 fully saturated rings. The number of hydrogen-bond donors (Lipinski definition) is 1. The van der Waals surface area contributed by atoms with Crippen LogP contribution in [0.2, 0.25) is 0 Å². The van der Waals surface area contributed by atoms with Crippen LogP contribution in [0.3, 0.4) is 0 Å². The molecule has 0 bridgehead atoms. The zero-order valence-electron chi connectivity index (χ0n) is 13.1. The van der Waals surface area contributed by atoms with Gasteiger partial charge in [0.2, 0.25) is 0 Å². The number of nitrogens with zero attached hydrogens (tertiary/aromatic N) is 3. The van der Waals surface area contributed by atoms with Crippen LogP contribution >= 0.6 is 0 Å². The fourth-order valence-corrected chi connectivity index (χ4v) is 1.93. The molecule has 9 nitrogen and oxygen atoms in total. The van der Waals surface area contributed by atoms with Crippen molar-refractivity contribution < 1.29 is 27.8 Å². The lowest BCUT2D eigenvalue weighted by atomic mass is 10.1. The minimum absolute atomic E-state index is 0.244. The maximum absolute atomic E-state index is 12.5. The molecule has 2 rings (SSSR count). The first-order valence-corrected chi connectivity index (χ1v) is 7.02. The van der Waals surface area contributed by atoms with Gasteiger partial charge in [0.25, 0.3) is 17.3 Å². The first-order chi connectivity index (χ1) is 12.6. The molecular formula is C15H9F3N4O5. The summed E-state index contributed by atoms with van der Waals surface area (Å²) in [6, 6.07) is 6.25. The van der Waals surface area contributed by atoms with Gasteiger partial charge in [0.15, 0.2) is 0 Å². The van der Waals surface area contributed by atoms with Crippen LogP contribution in [0.5, 0.6) is 0 Å². The van der Waals surface area contributed by atoms with Crippen molar-refractivity contribution in [2.45, 2.75) is 6.18 Å². The second-order valence-corrected chi connectivity index (χ2v) is 5.07. The van der Waals surface area contributed by atoms with Crippen LogP contribution in [0.4, 0.5) is 24.5 Å². The monoisotopic (exact) mass is 382 g/mol. The third kappa shape index (κ3) is 5.07. The lowest BCUT2D eigenvalue weighted by molar-refractivity contribution is -0.394. The summed E-state index contributed by atoms with van der Waals surface area (Å²) < 4.78 is 37.4. The quantitative estimate of drug-likeness (QED) is 0.482. The van der Waals surface area contributed by atoms with E-state index in [1.165, 1.54) is 0 Å². The van der Waals surface area contributed by atoms with Gasteiger partial charge in [0.1, 0.15) is 0 Å². The molecule has 2 aromatic rings. The lowest BCUT2D eigenvalue weighted by Gasteiger charge is -2.05. The molecule has 140 valence electrons. The molecule has 0 saturated heterocycles. The van der Waals surface area contributed by atoms with Gasteiger partial charge in [-0.05, 0) is 17.7 Å². The number of carbonyl (C=O) groups is 1. The van der Waals surface area contributed by atoms with Crippen molar-refractivity contribution in [2.75, 3.05) is 0 Å². The Hall–Kier alpha value is -3.83. The smallest absolute Gasteiger partial charge is 0.267 e. The Labute approximate surface area is 148 Å². The Morgan fingerprint density at radius 2 is 1.52 bits per heavy atom. The predicted octanol–water partition coefficient (Wildman–Crippen LogP) is 3.29. The van der Waals surface area contributed by atoms with Crippen LogP contribution in [0, 0.1) is 20.2 Å². The molecule has 0 aliphatic rings. The Kier molecular flexibility index (Phi) is 5.48. The lowest BCUT2D eigenvalue weighted by Crippen LogP contribution is -2.18. The zero-order chi connectivity index (χ0) is 20.2. The Balaban J connectivity index is 2.14. The van der Waals surface area contributed by atoms with Gasteiger partial charge in [-0.3, -0.25) is 25.0 Å². The Morgan fingerprint density at radius 1 is 1.00 bits per heavy atom. The molecule has 0 heterocycles. The van der Waals surface area contributed by atoms with E-state index in [9.17, 15) is 38.2 Å². The molecule has 2 aromatic carbocycles. The van der Waals surface area contributed by atoms with E-state index >= 15 is 0 Å². The molecule has 0 radical (unpaired) electrons. The van der Waals surface area contributed by atoms with E-state index in [0.29, 0.717) is 6.07 Å². The third-order valence-electron chi connectivity index (χ3n) is 3.20. The average molecular weight is 382 g/mol. The van der Waals surface area contributed by atoms with Gasteiger partial charge in [0, 0.05) is 12.1 Å². The molecule has 0 saturated carbocycles. The Morgan fingerprint density at radius 3 is 1.96 bits per heavy atom. The summed E-state index contributed by atoms with van der Waals surface area (Å²) in [5, 5.41) is 25.1. The summed E-state index contributed by atoms with van der Waals surface area (Å²) >= 11 is 0. The molecule has 1 N–H and O–H groups in total. The van der Waals surface area contributed by atoms with E-state index in [2.05, 4.69) is 5.10 Å². The highest BCUT2D eigenvalue weighted by atomic mass is 19.4. The standard InChI is InChI=1S/C15H9F3N4O5/c16-15(17,18)11-3-1-9(2-4-11)8-19-20-14(23)10-5-12(21(24)25)7-13(6-10)22(26)27/h1-8H,(H,20,23)/b19-8+. The van der Waals surface area contributed by atoms with Gasteiger partial charge in [-0.25, -0.2) is 5.43 Å². The molecule has 27 heavy (non-hydrogen) atoms. The van der Waals surface area contributed by atoms with Crippen LogP contribution < -0.4 is 5.43 Å². The number of hydrogen-bond acceptors (Lipinski definition) is 6. The van der Waals surface area contributed by atoms with Gasteiger partial charge >= 0.3 is 6.18 Å². The first-order valence-electron chi connectivity index (χ1n) is 7.02. The summed E-state index contributed by atoms with van der Waals surface area (Å²) in [6.07, 6.45) is -3.44. The fourth-order valence-electron chi connectivity index (χ4n) is 1.93. The van der Waals surface area contributed by atoms with Crippen molar-refractivity contribution in [1.82, 2.24) is 5.43 Å². The molecule has 1 amide bonds. The van der Waals surface area contributed by atoms with Gasteiger partial charge in [-0.15, -0.1) is 0 Å². The molecule has 0 spiro atoms. The van der Waals surface area contributed by atoms with E-state index in [-0.39, 0.29) is 11.1 Å². The highest BCUT2D eigenvalue weighted by Crippen LogP contribution is 2.28. The normalized spacial score (nSPS) is 11.4. The van der Waals surface area contributed by atoms with Gasteiger partial charge in [-0.1, -0.05) is 12.1 Å². The number of carbonyl (C=O) groups excluding carboxylic acids is 1. The van der Waals surface area contributed by atoms with Crippen LogP contribution in [0.25, 0.3) is 0 Å². The molecule has 0 unspecified atom stereocenters. The van der Waals surface area contributed by atoms with E-state index in [1.807, 2.05) is 5.43 Å². The first kappa shape index (κ1) is 19.5. The van der Waals surface area contributed by atoms with Gasteiger partial charge < -0.3 is 0 Å².